The van der Waals surface area contributed by atoms with Gasteiger partial charge in [-0.05, 0) is 40.5 Å². The lowest BCUT2D eigenvalue weighted by Crippen LogP contribution is -2.42. The maximum Gasteiger partial charge on any atom is 0.243 e. The van der Waals surface area contributed by atoms with E-state index in [1.165, 1.54) is 0 Å². The first-order valence-electron chi connectivity index (χ1n) is 9.27. The fourth-order valence-corrected chi connectivity index (χ4v) is 2.43. The van der Waals surface area contributed by atoms with Crippen LogP contribution < -0.4 is 10.6 Å². The summed E-state index contributed by atoms with van der Waals surface area (Å²) in [4.78, 5) is 20.1. The molecule has 0 aromatic carbocycles. The van der Waals surface area contributed by atoms with E-state index in [9.17, 15) is 4.79 Å². The molecule has 6 heteroatoms. The van der Waals surface area contributed by atoms with Crippen molar-refractivity contribution in [3.63, 3.8) is 0 Å². The molecular weight excluding hydrogens is 302 g/mol. The molecule has 2 N–H and O–H groups in total. The standard InChI is InChI=1S/C18H39N5O/c1-8-9-11-19-18(21-14-17(24)22(6)7)20-12-10-13-23(15(2)3)16(4)5/h15-16H,8-14H2,1-7H3,(H2,19,20,21). The highest BCUT2D eigenvalue weighted by Crippen LogP contribution is 2.05. The fraction of sp³-hybridized carbons (Fsp3) is 0.889. The molecule has 24 heavy (non-hydrogen) atoms. The number of likely N-dealkylation sites (N-methyl/N-ethyl adjacent to an activating group) is 1. The van der Waals surface area contributed by atoms with Crippen LogP contribution in [0.3, 0.4) is 0 Å². The lowest BCUT2D eigenvalue weighted by Gasteiger charge is -2.30. The Kier molecular flexibility index (Phi) is 12.3. The minimum atomic E-state index is 0.0115. The largest absolute Gasteiger partial charge is 0.356 e. The Morgan fingerprint density at radius 2 is 1.54 bits per heavy atom. The first-order valence-corrected chi connectivity index (χ1v) is 9.27. The van der Waals surface area contributed by atoms with Gasteiger partial charge < -0.3 is 15.5 Å². The minimum Gasteiger partial charge on any atom is -0.356 e. The molecule has 0 aromatic heterocycles. The van der Waals surface area contributed by atoms with Crippen LogP contribution >= 0.6 is 0 Å². The van der Waals surface area contributed by atoms with Crippen molar-refractivity contribution >= 4 is 11.9 Å². The summed E-state index contributed by atoms with van der Waals surface area (Å²) < 4.78 is 0. The summed E-state index contributed by atoms with van der Waals surface area (Å²) in [7, 11) is 3.50. The van der Waals surface area contributed by atoms with Gasteiger partial charge in [0, 0.05) is 45.8 Å². The highest BCUT2D eigenvalue weighted by molar-refractivity contribution is 5.84. The van der Waals surface area contributed by atoms with E-state index < -0.39 is 0 Å². The van der Waals surface area contributed by atoms with Gasteiger partial charge >= 0.3 is 0 Å². The fourth-order valence-electron chi connectivity index (χ4n) is 2.43. The monoisotopic (exact) mass is 341 g/mol. The third-order valence-corrected chi connectivity index (χ3v) is 3.91. The third-order valence-electron chi connectivity index (χ3n) is 3.91. The van der Waals surface area contributed by atoms with Crippen molar-refractivity contribution in [2.24, 2.45) is 4.99 Å². The number of amides is 1. The third kappa shape index (κ3) is 10.5. The van der Waals surface area contributed by atoms with Gasteiger partial charge in [-0.1, -0.05) is 13.3 Å². The van der Waals surface area contributed by atoms with Gasteiger partial charge in [0.15, 0.2) is 5.96 Å². The number of carbonyl (C=O) groups is 1. The van der Waals surface area contributed by atoms with Gasteiger partial charge in [0.2, 0.25) is 5.91 Å². The molecule has 142 valence electrons. The van der Waals surface area contributed by atoms with E-state index in [1.807, 2.05) is 0 Å². The van der Waals surface area contributed by atoms with E-state index in [0.29, 0.717) is 12.1 Å². The average Bonchev–Trinajstić information content (AvgIpc) is 2.50. The summed E-state index contributed by atoms with van der Waals surface area (Å²) in [6.45, 7) is 14.1. The summed E-state index contributed by atoms with van der Waals surface area (Å²) in [5, 5.41) is 6.65. The molecule has 0 aliphatic carbocycles. The highest BCUT2D eigenvalue weighted by Gasteiger charge is 2.12. The molecule has 0 unspecified atom stereocenters. The van der Waals surface area contributed by atoms with Gasteiger partial charge in [-0.3, -0.25) is 9.69 Å². The first kappa shape index (κ1) is 22.7. The molecule has 0 aliphatic heterocycles. The number of guanidine groups is 1. The Morgan fingerprint density at radius 3 is 2.00 bits per heavy atom. The number of carbonyl (C=O) groups excluding carboxylic acids is 1. The zero-order chi connectivity index (χ0) is 18.5. The Balaban J connectivity index is 4.38. The smallest absolute Gasteiger partial charge is 0.243 e. The van der Waals surface area contributed by atoms with Gasteiger partial charge in [0.05, 0.1) is 0 Å². The predicted molar refractivity (Wildman–Crippen MR) is 104 cm³/mol. The molecule has 0 heterocycles. The maximum atomic E-state index is 11.7. The van der Waals surface area contributed by atoms with Crippen LogP contribution in [0.4, 0.5) is 0 Å². The van der Waals surface area contributed by atoms with E-state index in [4.69, 9.17) is 0 Å². The van der Waals surface area contributed by atoms with Crippen LogP contribution in [0.25, 0.3) is 0 Å². The number of unbranched alkanes of at least 4 members (excludes halogenated alkanes) is 1. The lowest BCUT2D eigenvalue weighted by molar-refractivity contribution is -0.127. The molecule has 0 spiro atoms. The van der Waals surface area contributed by atoms with Gasteiger partial charge in [0.25, 0.3) is 0 Å². The topological polar surface area (TPSA) is 60.0 Å². The number of nitrogens with one attached hydrogen (secondary N) is 2. The Hall–Kier alpha value is -1.30. The van der Waals surface area contributed by atoms with Gasteiger partial charge in [0.1, 0.15) is 6.54 Å². The molecule has 0 atom stereocenters. The summed E-state index contributed by atoms with van der Waals surface area (Å²) in [5.41, 5.74) is 0. The molecule has 0 saturated heterocycles. The van der Waals surface area contributed by atoms with Gasteiger partial charge in [-0.2, -0.15) is 0 Å². The second-order valence-electron chi connectivity index (χ2n) is 6.94. The van der Waals surface area contributed by atoms with E-state index in [0.717, 1.165) is 44.9 Å². The van der Waals surface area contributed by atoms with Crippen LogP contribution in [0, 0.1) is 0 Å². The molecule has 6 nitrogen and oxygen atoms in total. The Bertz CT molecular complexity index is 358. The minimum absolute atomic E-state index is 0.0115. The molecule has 0 aliphatic rings. The Labute approximate surface area is 149 Å². The molecule has 0 radical (unpaired) electrons. The molecule has 1 amide bonds. The van der Waals surface area contributed by atoms with Crippen LogP contribution in [-0.4, -0.2) is 74.0 Å². The van der Waals surface area contributed by atoms with Crippen LogP contribution in [0.2, 0.25) is 0 Å². The molecule has 0 bridgehead atoms. The van der Waals surface area contributed by atoms with Crippen molar-refractivity contribution in [2.75, 3.05) is 40.3 Å². The maximum absolute atomic E-state index is 11.7. The number of nitrogens with zero attached hydrogens (tertiary/aromatic N) is 3. The van der Waals surface area contributed by atoms with E-state index in [2.05, 4.69) is 55.1 Å². The van der Waals surface area contributed by atoms with Crippen LogP contribution in [0.1, 0.15) is 53.9 Å². The Morgan fingerprint density at radius 1 is 1.00 bits per heavy atom. The summed E-state index contributed by atoms with van der Waals surface area (Å²) in [5.74, 6) is 0.747. The van der Waals surface area contributed by atoms with E-state index in [1.54, 1.807) is 19.0 Å². The van der Waals surface area contributed by atoms with Gasteiger partial charge in [-0.25, -0.2) is 4.99 Å². The predicted octanol–water partition coefficient (Wildman–Crippen LogP) is 1.92. The van der Waals surface area contributed by atoms with Crippen molar-refractivity contribution in [3.8, 4) is 0 Å². The first-order chi connectivity index (χ1) is 11.3. The second-order valence-corrected chi connectivity index (χ2v) is 6.94. The van der Waals surface area contributed by atoms with Crippen LogP contribution in [0.15, 0.2) is 4.99 Å². The number of hydrogen-bond donors (Lipinski definition) is 2. The highest BCUT2D eigenvalue weighted by atomic mass is 16.2. The molecular formula is C18H39N5O. The summed E-state index contributed by atoms with van der Waals surface area (Å²) in [6, 6.07) is 1.11. The van der Waals surface area contributed by atoms with Crippen molar-refractivity contribution in [2.45, 2.75) is 66.0 Å². The SMILES string of the molecule is CCCCNC(=NCC(=O)N(C)C)NCCCN(C(C)C)C(C)C. The molecule has 0 aromatic rings. The number of hydrogen-bond acceptors (Lipinski definition) is 3. The average molecular weight is 342 g/mol. The molecule has 0 rings (SSSR count). The zero-order valence-corrected chi connectivity index (χ0v) is 16.9. The van der Waals surface area contributed by atoms with E-state index >= 15 is 0 Å². The van der Waals surface area contributed by atoms with Crippen LogP contribution in [0.5, 0.6) is 0 Å². The van der Waals surface area contributed by atoms with Crippen molar-refractivity contribution < 1.29 is 4.79 Å². The van der Waals surface area contributed by atoms with Crippen molar-refractivity contribution in [1.29, 1.82) is 0 Å². The van der Waals surface area contributed by atoms with Gasteiger partial charge in [-0.15, -0.1) is 0 Å². The number of aliphatic imine (C=N–C) groups is 1. The summed E-state index contributed by atoms with van der Waals surface area (Å²) >= 11 is 0. The van der Waals surface area contributed by atoms with Crippen molar-refractivity contribution in [1.82, 2.24) is 20.4 Å². The number of rotatable bonds is 11. The van der Waals surface area contributed by atoms with Crippen LogP contribution in [-0.2, 0) is 4.79 Å². The zero-order valence-electron chi connectivity index (χ0n) is 16.9. The second kappa shape index (κ2) is 13.0. The van der Waals surface area contributed by atoms with Crippen molar-refractivity contribution in [3.05, 3.63) is 0 Å². The summed E-state index contributed by atoms with van der Waals surface area (Å²) in [6.07, 6.45) is 3.28. The normalized spacial score (nSPS) is 12.2. The molecule has 0 saturated carbocycles. The molecule has 0 fully saturated rings. The quantitative estimate of drug-likeness (QED) is 0.342. The van der Waals surface area contributed by atoms with E-state index in [-0.39, 0.29) is 12.5 Å². The lowest BCUT2D eigenvalue weighted by atomic mass is 10.2.